The summed E-state index contributed by atoms with van der Waals surface area (Å²) in [4.78, 5) is 18.2. The first-order valence-corrected chi connectivity index (χ1v) is 11.0. The van der Waals surface area contributed by atoms with Crippen LogP contribution in [0.5, 0.6) is 5.88 Å². The van der Waals surface area contributed by atoms with E-state index in [1.165, 1.54) is 0 Å². The van der Waals surface area contributed by atoms with Crippen LogP contribution in [0.1, 0.15) is 6.42 Å². The second kappa shape index (κ2) is 9.10. The van der Waals surface area contributed by atoms with E-state index in [9.17, 15) is 0 Å². The first kappa shape index (κ1) is 20.7. The number of pyridine rings is 1. The summed E-state index contributed by atoms with van der Waals surface area (Å²) in [5.74, 6) is 1.64. The molecule has 1 aromatic carbocycles. The number of morpholine rings is 1. The largest absolute Gasteiger partial charge is 0.478 e. The van der Waals surface area contributed by atoms with Gasteiger partial charge in [0, 0.05) is 42.8 Å². The second-order valence-electron chi connectivity index (χ2n) is 8.29. The van der Waals surface area contributed by atoms with Crippen LogP contribution < -0.4 is 9.64 Å². The molecule has 8 heteroatoms. The predicted molar refractivity (Wildman–Crippen MR) is 125 cm³/mol. The number of anilines is 1. The molecule has 0 aliphatic carbocycles. The zero-order valence-electron chi connectivity index (χ0n) is 18.6. The maximum atomic E-state index is 5.77. The molecule has 166 valence electrons. The van der Waals surface area contributed by atoms with Crippen LogP contribution in [0, 0.1) is 0 Å². The van der Waals surface area contributed by atoms with Crippen LogP contribution in [0.25, 0.3) is 27.5 Å². The van der Waals surface area contributed by atoms with Gasteiger partial charge in [-0.05, 0) is 44.3 Å². The van der Waals surface area contributed by atoms with Crippen molar-refractivity contribution in [3.8, 4) is 17.0 Å². The van der Waals surface area contributed by atoms with E-state index in [0.717, 1.165) is 72.6 Å². The number of nitrogens with zero attached hydrogens (tertiary/aromatic N) is 6. The predicted octanol–water partition coefficient (Wildman–Crippen LogP) is 3.11. The molecule has 0 bridgehead atoms. The third-order valence-electron chi connectivity index (χ3n) is 5.73. The topological polar surface area (TPSA) is 68.0 Å². The molecule has 4 heterocycles. The molecule has 0 amide bonds. The van der Waals surface area contributed by atoms with Gasteiger partial charge in [-0.3, -0.25) is 4.40 Å². The Balaban J connectivity index is 1.43. The van der Waals surface area contributed by atoms with E-state index < -0.39 is 0 Å². The maximum absolute atomic E-state index is 5.77. The van der Waals surface area contributed by atoms with Gasteiger partial charge in [0.15, 0.2) is 5.82 Å². The molecule has 0 N–H and O–H groups in total. The molecular formula is C24H28N6O2. The standard InChI is InChI=1S/C24H28N6O2/c1-28(2)8-3-11-32-22-7-5-19(15-25-22)18-4-6-21-20(14-18)23-24(27-17-30(23)16-26-21)29-9-12-31-13-10-29/h4-7,14-17H,3,8-13H2,1-2H3. The average Bonchev–Trinajstić information content (AvgIpc) is 3.27. The molecule has 4 aromatic rings. The minimum atomic E-state index is 0.655. The molecule has 3 aromatic heterocycles. The molecule has 8 nitrogen and oxygen atoms in total. The molecule has 32 heavy (non-hydrogen) atoms. The minimum absolute atomic E-state index is 0.655. The average molecular weight is 433 g/mol. The highest BCUT2D eigenvalue weighted by Gasteiger charge is 2.18. The van der Waals surface area contributed by atoms with E-state index in [2.05, 4.69) is 58.1 Å². The number of hydrogen-bond donors (Lipinski definition) is 0. The zero-order chi connectivity index (χ0) is 21.9. The highest BCUT2D eigenvalue weighted by Crippen LogP contribution is 2.31. The van der Waals surface area contributed by atoms with E-state index in [1.54, 1.807) is 0 Å². The summed E-state index contributed by atoms with van der Waals surface area (Å²) in [6, 6.07) is 10.3. The van der Waals surface area contributed by atoms with Crippen LogP contribution >= 0.6 is 0 Å². The Morgan fingerprint density at radius 3 is 2.59 bits per heavy atom. The Morgan fingerprint density at radius 1 is 1.00 bits per heavy atom. The van der Waals surface area contributed by atoms with E-state index in [1.807, 2.05) is 29.3 Å². The van der Waals surface area contributed by atoms with Crippen LogP contribution in [-0.2, 0) is 4.74 Å². The molecule has 0 atom stereocenters. The van der Waals surface area contributed by atoms with Gasteiger partial charge in [0.25, 0.3) is 0 Å². The second-order valence-corrected chi connectivity index (χ2v) is 8.29. The lowest BCUT2D eigenvalue weighted by Crippen LogP contribution is -2.36. The van der Waals surface area contributed by atoms with Crippen molar-refractivity contribution in [2.24, 2.45) is 0 Å². The summed E-state index contributed by atoms with van der Waals surface area (Å²) in [6.07, 6.45) is 6.51. The number of imidazole rings is 1. The summed E-state index contributed by atoms with van der Waals surface area (Å²) < 4.78 is 13.3. The third-order valence-corrected chi connectivity index (χ3v) is 5.73. The molecule has 1 saturated heterocycles. The number of ether oxygens (including phenoxy) is 2. The number of hydrogen-bond acceptors (Lipinski definition) is 7. The Bertz CT molecular complexity index is 1200. The molecule has 0 spiro atoms. The Morgan fingerprint density at radius 2 is 1.81 bits per heavy atom. The number of fused-ring (bicyclic) bond motifs is 3. The van der Waals surface area contributed by atoms with Gasteiger partial charge in [-0.2, -0.15) is 0 Å². The molecule has 0 saturated carbocycles. The summed E-state index contributed by atoms with van der Waals surface area (Å²) >= 11 is 0. The van der Waals surface area contributed by atoms with Crippen molar-refractivity contribution in [3.63, 3.8) is 0 Å². The van der Waals surface area contributed by atoms with Crippen LogP contribution in [-0.4, -0.2) is 77.8 Å². The summed E-state index contributed by atoms with van der Waals surface area (Å²) in [5, 5.41) is 1.08. The van der Waals surface area contributed by atoms with Crippen molar-refractivity contribution >= 4 is 22.2 Å². The molecule has 0 unspecified atom stereocenters. The van der Waals surface area contributed by atoms with Gasteiger partial charge in [0.05, 0.1) is 30.9 Å². The first-order valence-electron chi connectivity index (χ1n) is 11.0. The fourth-order valence-corrected chi connectivity index (χ4v) is 4.04. The van der Waals surface area contributed by atoms with Gasteiger partial charge >= 0.3 is 0 Å². The molecule has 1 aliphatic rings. The van der Waals surface area contributed by atoms with Crippen molar-refractivity contribution in [2.45, 2.75) is 6.42 Å². The molecular weight excluding hydrogens is 404 g/mol. The van der Waals surface area contributed by atoms with Crippen molar-refractivity contribution < 1.29 is 9.47 Å². The van der Waals surface area contributed by atoms with Crippen LogP contribution in [0.2, 0.25) is 0 Å². The Kier molecular flexibility index (Phi) is 5.87. The maximum Gasteiger partial charge on any atom is 0.213 e. The smallest absolute Gasteiger partial charge is 0.213 e. The SMILES string of the molecule is CN(C)CCCOc1ccc(-c2ccc3ncn4cnc(N5CCOCC5)c4c3c2)cn1. The summed E-state index contributed by atoms with van der Waals surface area (Å²) in [5.41, 5.74) is 4.16. The monoisotopic (exact) mass is 432 g/mol. The quantitative estimate of drug-likeness (QED) is 0.416. The molecule has 0 radical (unpaired) electrons. The summed E-state index contributed by atoms with van der Waals surface area (Å²) in [6.45, 7) is 4.80. The summed E-state index contributed by atoms with van der Waals surface area (Å²) in [7, 11) is 4.13. The highest BCUT2D eigenvalue weighted by molar-refractivity contribution is 6.01. The fraction of sp³-hybridized carbons (Fsp3) is 0.375. The lowest BCUT2D eigenvalue weighted by atomic mass is 10.0. The van der Waals surface area contributed by atoms with Crippen molar-refractivity contribution in [1.29, 1.82) is 0 Å². The fourth-order valence-electron chi connectivity index (χ4n) is 4.04. The van der Waals surface area contributed by atoms with Crippen LogP contribution in [0.4, 0.5) is 5.82 Å². The molecule has 1 aliphatic heterocycles. The van der Waals surface area contributed by atoms with Crippen LogP contribution in [0.3, 0.4) is 0 Å². The van der Waals surface area contributed by atoms with E-state index >= 15 is 0 Å². The van der Waals surface area contributed by atoms with Gasteiger partial charge in [0.1, 0.15) is 12.7 Å². The van der Waals surface area contributed by atoms with Gasteiger partial charge in [0.2, 0.25) is 5.88 Å². The van der Waals surface area contributed by atoms with Crippen molar-refractivity contribution in [3.05, 3.63) is 49.2 Å². The van der Waals surface area contributed by atoms with E-state index in [0.29, 0.717) is 12.5 Å². The normalized spacial score (nSPS) is 14.5. The number of benzene rings is 1. The van der Waals surface area contributed by atoms with Gasteiger partial charge in [-0.25, -0.2) is 15.0 Å². The van der Waals surface area contributed by atoms with Gasteiger partial charge in [-0.15, -0.1) is 0 Å². The molecule has 5 rings (SSSR count). The van der Waals surface area contributed by atoms with Crippen molar-refractivity contribution in [1.82, 2.24) is 24.3 Å². The lowest BCUT2D eigenvalue weighted by Gasteiger charge is -2.27. The van der Waals surface area contributed by atoms with Gasteiger partial charge < -0.3 is 19.3 Å². The van der Waals surface area contributed by atoms with E-state index in [-0.39, 0.29) is 0 Å². The van der Waals surface area contributed by atoms with Gasteiger partial charge in [-0.1, -0.05) is 6.07 Å². The van der Waals surface area contributed by atoms with E-state index in [4.69, 9.17) is 14.5 Å². The van der Waals surface area contributed by atoms with Crippen molar-refractivity contribution in [2.75, 3.05) is 58.5 Å². The van der Waals surface area contributed by atoms with Crippen LogP contribution in [0.15, 0.2) is 49.2 Å². The lowest BCUT2D eigenvalue weighted by molar-refractivity contribution is 0.122. The third kappa shape index (κ3) is 4.24. The zero-order valence-corrected chi connectivity index (χ0v) is 18.6. The Hall–Kier alpha value is -3.23. The number of aromatic nitrogens is 4. The molecule has 1 fully saturated rings. The highest BCUT2D eigenvalue weighted by atomic mass is 16.5. The first-order chi connectivity index (χ1) is 15.7. The number of rotatable bonds is 7. The Labute approximate surface area is 187 Å². The minimum Gasteiger partial charge on any atom is -0.478 e.